The van der Waals surface area contributed by atoms with Crippen LogP contribution in [0.2, 0.25) is 5.02 Å². The summed E-state index contributed by atoms with van der Waals surface area (Å²) < 4.78 is 5.56. The molecule has 1 aliphatic carbocycles. The van der Waals surface area contributed by atoms with Crippen molar-refractivity contribution in [3.8, 4) is 5.75 Å². The lowest BCUT2D eigenvalue weighted by molar-refractivity contribution is -0.131. The molecule has 1 aliphatic heterocycles. The van der Waals surface area contributed by atoms with Gasteiger partial charge in [0.05, 0.1) is 5.02 Å². The molecule has 146 valence electrons. The predicted molar refractivity (Wildman–Crippen MR) is 101 cm³/mol. The zero-order valence-electron chi connectivity index (χ0n) is 15.3. The van der Waals surface area contributed by atoms with Gasteiger partial charge in [0.1, 0.15) is 11.3 Å². The first-order valence-electron chi connectivity index (χ1n) is 9.26. The number of rotatable bonds is 7. The van der Waals surface area contributed by atoms with Gasteiger partial charge in [0.25, 0.3) is 11.8 Å². The number of nitrogens with zero attached hydrogens (tertiary/aromatic N) is 1. The van der Waals surface area contributed by atoms with Gasteiger partial charge in [-0.15, -0.1) is 0 Å². The van der Waals surface area contributed by atoms with E-state index in [1.807, 2.05) is 0 Å². The van der Waals surface area contributed by atoms with Gasteiger partial charge in [-0.1, -0.05) is 36.6 Å². The van der Waals surface area contributed by atoms with Gasteiger partial charge in [-0.2, -0.15) is 0 Å². The van der Waals surface area contributed by atoms with Crippen molar-refractivity contribution in [2.24, 2.45) is 0 Å². The molecule has 2 aliphatic rings. The monoisotopic (exact) mass is 393 g/mol. The molecular formula is C19H24ClN3O4. The molecule has 1 saturated carbocycles. The predicted octanol–water partition coefficient (Wildman–Crippen LogP) is 2.48. The molecule has 1 aromatic rings. The van der Waals surface area contributed by atoms with E-state index >= 15 is 0 Å². The Morgan fingerprint density at radius 2 is 2.04 bits per heavy atom. The van der Waals surface area contributed by atoms with E-state index in [0.717, 1.165) is 12.8 Å². The van der Waals surface area contributed by atoms with Gasteiger partial charge in [-0.25, -0.2) is 4.79 Å². The lowest BCUT2D eigenvalue weighted by Gasteiger charge is -2.20. The van der Waals surface area contributed by atoms with E-state index < -0.39 is 11.6 Å². The molecule has 8 heteroatoms. The molecule has 3 rings (SSSR count). The van der Waals surface area contributed by atoms with Crippen LogP contribution >= 0.6 is 11.6 Å². The summed E-state index contributed by atoms with van der Waals surface area (Å²) in [7, 11) is 0. The topological polar surface area (TPSA) is 87.7 Å². The quantitative estimate of drug-likeness (QED) is 0.550. The summed E-state index contributed by atoms with van der Waals surface area (Å²) in [4.78, 5) is 38.0. The van der Waals surface area contributed by atoms with Gasteiger partial charge in [0, 0.05) is 13.1 Å². The van der Waals surface area contributed by atoms with Crippen LogP contribution < -0.4 is 15.4 Å². The summed E-state index contributed by atoms with van der Waals surface area (Å²) >= 11 is 6.02. The first-order chi connectivity index (χ1) is 12.9. The van der Waals surface area contributed by atoms with Gasteiger partial charge in [0.2, 0.25) is 0 Å². The molecule has 1 heterocycles. The number of benzene rings is 1. The van der Waals surface area contributed by atoms with Crippen LogP contribution in [0.5, 0.6) is 5.75 Å². The molecule has 1 unspecified atom stereocenters. The number of para-hydroxylation sites is 1. The maximum atomic E-state index is 12.5. The van der Waals surface area contributed by atoms with Gasteiger partial charge in [0.15, 0.2) is 6.10 Å². The average molecular weight is 394 g/mol. The van der Waals surface area contributed by atoms with E-state index in [1.165, 1.54) is 4.90 Å². The van der Waals surface area contributed by atoms with Gasteiger partial charge in [-0.05, 0) is 38.3 Å². The van der Waals surface area contributed by atoms with Crippen molar-refractivity contribution < 1.29 is 19.1 Å². The van der Waals surface area contributed by atoms with Crippen LogP contribution in [-0.4, -0.2) is 47.5 Å². The summed E-state index contributed by atoms with van der Waals surface area (Å²) in [5, 5.41) is 6.05. The van der Waals surface area contributed by atoms with Crippen LogP contribution in [0.1, 0.15) is 39.0 Å². The van der Waals surface area contributed by atoms with E-state index in [-0.39, 0.29) is 24.4 Å². The third kappa shape index (κ3) is 4.18. The minimum absolute atomic E-state index is 0.133. The Morgan fingerprint density at radius 1 is 1.33 bits per heavy atom. The molecule has 7 nitrogen and oxygen atoms in total. The van der Waals surface area contributed by atoms with E-state index in [2.05, 4.69) is 10.6 Å². The molecule has 0 aromatic heterocycles. The van der Waals surface area contributed by atoms with Crippen LogP contribution in [0.15, 0.2) is 24.3 Å². The molecule has 0 bridgehead atoms. The fourth-order valence-electron chi connectivity index (χ4n) is 3.57. The second-order valence-corrected chi connectivity index (χ2v) is 7.42. The lowest BCUT2D eigenvalue weighted by atomic mass is 9.98. The normalized spacial score (nSPS) is 19.3. The van der Waals surface area contributed by atoms with Crippen LogP contribution in [-0.2, 0) is 9.59 Å². The average Bonchev–Trinajstić information content (AvgIpc) is 3.20. The van der Waals surface area contributed by atoms with E-state index in [9.17, 15) is 14.4 Å². The molecule has 0 radical (unpaired) electrons. The van der Waals surface area contributed by atoms with Crippen molar-refractivity contribution in [1.82, 2.24) is 15.5 Å². The maximum absolute atomic E-state index is 12.5. The van der Waals surface area contributed by atoms with Crippen molar-refractivity contribution in [2.45, 2.75) is 50.7 Å². The summed E-state index contributed by atoms with van der Waals surface area (Å²) in [6.45, 7) is 2.27. The lowest BCUT2D eigenvalue weighted by Crippen LogP contribution is -2.44. The molecule has 27 heavy (non-hydrogen) atoms. The Morgan fingerprint density at radius 3 is 2.74 bits per heavy atom. The number of hydrogen-bond donors (Lipinski definition) is 2. The van der Waals surface area contributed by atoms with Gasteiger partial charge < -0.3 is 15.4 Å². The second kappa shape index (κ2) is 8.17. The Balaban J connectivity index is 1.42. The van der Waals surface area contributed by atoms with Crippen molar-refractivity contribution in [2.75, 3.05) is 13.1 Å². The van der Waals surface area contributed by atoms with Gasteiger partial charge >= 0.3 is 6.03 Å². The number of ether oxygens (including phenoxy) is 1. The van der Waals surface area contributed by atoms with Crippen LogP contribution in [0.25, 0.3) is 0 Å². The highest BCUT2D eigenvalue weighted by atomic mass is 35.5. The number of imide groups is 1. The first kappa shape index (κ1) is 19.5. The van der Waals surface area contributed by atoms with E-state index in [1.54, 1.807) is 31.2 Å². The molecular weight excluding hydrogens is 370 g/mol. The SMILES string of the molecule is CC(Oc1ccccc1Cl)C(=O)NCCCN1C(=O)NC2(CCCC2)C1=O. The zero-order valence-corrected chi connectivity index (χ0v) is 16.1. The molecule has 4 amide bonds. The molecule has 1 spiro atoms. The molecule has 1 atom stereocenters. The van der Waals surface area contributed by atoms with Crippen molar-refractivity contribution in [3.05, 3.63) is 29.3 Å². The van der Waals surface area contributed by atoms with Crippen molar-refractivity contribution in [3.63, 3.8) is 0 Å². The first-order valence-corrected chi connectivity index (χ1v) is 9.64. The third-order valence-corrected chi connectivity index (χ3v) is 5.38. The number of amides is 4. The number of carbonyl (C=O) groups excluding carboxylic acids is 3. The molecule has 2 fully saturated rings. The molecule has 2 N–H and O–H groups in total. The minimum atomic E-state index is -0.705. The van der Waals surface area contributed by atoms with Crippen molar-refractivity contribution in [1.29, 1.82) is 0 Å². The number of urea groups is 1. The molecule has 1 aromatic carbocycles. The van der Waals surface area contributed by atoms with Crippen LogP contribution in [0.4, 0.5) is 4.79 Å². The number of carbonyl (C=O) groups is 3. The Bertz CT molecular complexity index is 733. The summed E-state index contributed by atoms with van der Waals surface area (Å²) in [5.74, 6) is 0.0362. The molecule has 1 saturated heterocycles. The fourth-order valence-corrected chi connectivity index (χ4v) is 3.75. The minimum Gasteiger partial charge on any atom is -0.479 e. The highest BCUT2D eigenvalue weighted by Crippen LogP contribution is 2.35. The number of hydrogen-bond acceptors (Lipinski definition) is 4. The summed E-state index contributed by atoms with van der Waals surface area (Å²) in [6, 6.07) is 6.62. The van der Waals surface area contributed by atoms with Crippen LogP contribution in [0, 0.1) is 0 Å². The fraction of sp³-hybridized carbons (Fsp3) is 0.526. The summed E-state index contributed by atoms with van der Waals surface area (Å²) in [6.07, 6.45) is 3.12. The highest BCUT2D eigenvalue weighted by Gasteiger charge is 2.51. The van der Waals surface area contributed by atoms with E-state index in [4.69, 9.17) is 16.3 Å². The number of halogens is 1. The Hall–Kier alpha value is -2.28. The zero-order chi connectivity index (χ0) is 19.4. The second-order valence-electron chi connectivity index (χ2n) is 7.01. The Kier molecular flexibility index (Phi) is 5.89. The highest BCUT2D eigenvalue weighted by molar-refractivity contribution is 6.32. The third-order valence-electron chi connectivity index (χ3n) is 5.07. The maximum Gasteiger partial charge on any atom is 0.325 e. The van der Waals surface area contributed by atoms with Crippen molar-refractivity contribution >= 4 is 29.4 Å². The number of nitrogens with one attached hydrogen (secondary N) is 2. The smallest absolute Gasteiger partial charge is 0.325 e. The summed E-state index contributed by atoms with van der Waals surface area (Å²) in [5.41, 5.74) is -0.683. The van der Waals surface area contributed by atoms with Gasteiger partial charge in [-0.3, -0.25) is 14.5 Å². The largest absolute Gasteiger partial charge is 0.479 e. The standard InChI is InChI=1S/C19H24ClN3O4/c1-13(27-15-8-3-2-7-14(15)20)16(24)21-11-6-12-23-17(25)19(22-18(23)26)9-4-5-10-19/h2-3,7-8,13H,4-6,9-12H2,1H3,(H,21,24)(H,22,26). The van der Waals surface area contributed by atoms with E-state index in [0.29, 0.717) is 36.6 Å². The Labute approximate surface area is 163 Å². The van der Waals surface area contributed by atoms with Crippen LogP contribution in [0.3, 0.4) is 0 Å².